The summed E-state index contributed by atoms with van der Waals surface area (Å²) in [6.45, 7) is 0.874. The fraction of sp³-hybridized carbons (Fsp3) is 0.381. The molecule has 1 aliphatic carbocycles. The zero-order valence-electron chi connectivity index (χ0n) is 14.0. The number of amides is 1. The predicted molar refractivity (Wildman–Crippen MR) is 95.6 cm³/mol. The van der Waals surface area contributed by atoms with E-state index in [-0.39, 0.29) is 18.6 Å². The van der Waals surface area contributed by atoms with E-state index in [1.807, 2.05) is 24.3 Å². The molecule has 1 atom stereocenters. The van der Waals surface area contributed by atoms with Gasteiger partial charge < -0.3 is 10.1 Å². The molecule has 1 N–H and O–H groups in total. The van der Waals surface area contributed by atoms with Crippen LogP contribution in [-0.2, 0) is 16.0 Å². The summed E-state index contributed by atoms with van der Waals surface area (Å²) in [4.78, 5) is 12.2. The molecule has 3 nitrogen and oxygen atoms in total. The lowest BCUT2D eigenvalue weighted by molar-refractivity contribution is -0.126. The molecule has 0 aromatic heterocycles. The number of aryl methyl sites for hydroxylation is 1. The van der Waals surface area contributed by atoms with Gasteiger partial charge in [-0.2, -0.15) is 0 Å². The van der Waals surface area contributed by atoms with Gasteiger partial charge in [0, 0.05) is 0 Å². The molecule has 2 aromatic carbocycles. The SMILES string of the molecule is O=C(COCC1CC1)NC(CCc1ccccc1)c1ccccc1. The van der Waals surface area contributed by atoms with E-state index >= 15 is 0 Å². The summed E-state index contributed by atoms with van der Waals surface area (Å²) in [6.07, 6.45) is 4.29. The Hall–Kier alpha value is -2.13. The number of rotatable bonds is 9. The Morgan fingerprint density at radius 2 is 1.71 bits per heavy atom. The van der Waals surface area contributed by atoms with Crippen molar-refractivity contribution in [2.24, 2.45) is 5.92 Å². The standard InChI is InChI=1S/C21H25NO2/c23-21(16-24-15-18-11-12-18)22-20(19-9-5-2-6-10-19)14-13-17-7-3-1-4-8-17/h1-10,18,20H,11-16H2,(H,22,23). The zero-order chi connectivity index (χ0) is 16.6. The molecule has 24 heavy (non-hydrogen) atoms. The van der Waals surface area contributed by atoms with E-state index in [0.29, 0.717) is 12.5 Å². The molecule has 1 saturated carbocycles. The van der Waals surface area contributed by atoms with Crippen LogP contribution in [0.1, 0.15) is 36.4 Å². The highest BCUT2D eigenvalue weighted by Crippen LogP contribution is 2.28. The van der Waals surface area contributed by atoms with Crippen molar-refractivity contribution >= 4 is 5.91 Å². The maximum Gasteiger partial charge on any atom is 0.246 e. The Balaban J connectivity index is 1.55. The number of benzene rings is 2. The molecule has 1 fully saturated rings. The zero-order valence-corrected chi connectivity index (χ0v) is 14.0. The van der Waals surface area contributed by atoms with E-state index in [9.17, 15) is 4.79 Å². The van der Waals surface area contributed by atoms with Gasteiger partial charge in [-0.3, -0.25) is 4.79 Å². The van der Waals surface area contributed by atoms with E-state index in [0.717, 1.165) is 18.4 Å². The number of carbonyl (C=O) groups excluding carboxylic acids is 1. The van der Waals surface area contributed by atoms with E-state index in [1.165, 1.54) is 18.4 Å². The first-order chi connectivity index (χ1) is 11.8. The Morgan fingerprint density at radius 3 is 2.38 bits per heavy atom. The van der Waals surface area contributed by atoms with Gasteiger partial charge in [0.2, 0.25) is 5.91 Å². The second-order valence-electron chi connectivity index (χ2n) is 6.51. The molecule has 0 heterocycles. The highest BCUT2D eigenvalue weighted by atomic mass is 16.5. The van der Waals surface area contributed by atoms with Crippen molar-refractivity contribution in [2.75, 3.05) is 13.2 Å². The lowest BCUT2D eigenvalue weighted by Gasteiger charge is -2.19. The van der Waals surface area contributed by atoms with Crippen molar-refractivity contribution in [3.8, 4) is 0 Å². The fourth-order valence-electron chi connectivity index (χ4n) is 2.80. The number of ether oxygens (including phenoxy) is 1. The van der Waals surface area contributed by atoms with Crippen LogP contribution >= 0.6 is 0 Å². The minimum absolute atomic E-state index is 0.0171. The molecule has 2 aromatic rings. The van der Waals surface area contributed by atoms with Crippen LogP contribution in [0.3, 0.4) is 0 Å². The molecule has 0 bridgehead atoms. The van der Waals surface area contributed by atoms with Crippen LogP contribution in [0.25, 0.3) is 0 Å². The van der Waals surface area contributed by atoms with Crippen LogP contribution in [-0.4, -0.2) is 19.1 Å². The maximum atomic E-state index is 12.2. The lowest BCUT2D eigenvalue weighted by atomic mass is 9.99. The molecule has 0 radical (unpaired) electrons. The van der Waals surface area contributed by atoms with Crippen LogP contribution < -0.4 is 5.32 Å². The van der Waals surface area contributed by atoms with E-state index in [1.54, 1.807) is 0 Å². The van der Waals surface area contributed by atoms with Crippen LogP contribution in [0.4, 0.5) is 0 Å². The average molecular weight is 323 g/mol. The lowest BCUT2D eigenvalue weighted by Crippen LogP contribution is -2.32. The van der Waals surface area contributed by atoms with Gasteiger partial charge in [-0.25, -0.2) is 0 Å². The van der Waals surface area contributed by atoms with E-state index < -0.39 is 0 Å². The molecule has 3 rings (SSSR count). The highest BCUT2D eigenvalue weighted by Gasteiger charge is 2.22. The second-order valence-corrected chi connectivity index (χ2v) is 6.51. The van der Waals surface area contributed by atoms with Crippen molar-refractivity contribution in [2.45, 2.75) is 31.7 Å². The molecule has 1 amide bonds. The molecule has 0 spiro atoms. The van der Waals surface area contributed by atoms with Gasteiger partial charge >= 0.3 is 0 Å². The van der Waals surface area contributed by atoms with Crippen LogP contribution in [0.2, 0.25) is 0 Å². The fourth-order valence-corrected chi connectivity index (χ4v) is 2.80. The first-order valence-corrected chi connectivity index (χ1v) is 8.77. The third-order valence-corrected chi connectivity index (χ3v) is 4.39. The summed E-state index contributed by atoms with van der Waals surface area (Å²) in [5, 5.41) is 3.13. The van der Waals surface area contributed by atoms with E-state index in [4.69, 9.17) is 4.74 Å². The monoisotopic (exact) mass is 323 g/mol. The topological polar surface area (TPSA) is 38.3 Å². The Labute approximate surface area is 144 Å². The van der Waals surface area contributed by atoms with Gasteiger partial charge in [0.05, 0.1) is 12.6 Å². The van der Waals surface area contributed by atoms with Crippen molar-refractivity contribution < 1.29 is 9.53 Å². The maximum absolute atomic E-state index is 12.2. The number of hydrogen-bond acceptors (Lipinski definition) is 2. The molecule has 1 unspecified atom stereocenters. The first-order valence-electron chi connectivity index (χ1n) is 8.77. The summed E-state index contributed by atoms with van der Waals surface area (Å²) >= 11 is 0. The third-order valence-electron chi connectivity index (χ3n) is 4.39. The highest BCUT2D eigenvalue weighted by molar-refractivity contribution is 5.77. The molecular weight excluding hydrogens is 298 g/mol. The van der Waals surface area contributed by atoms with Crippen molar-refractivity contribution in [3.63, 3.8) is 0 Å². The summed E-state index contributed by atoms with van der Waals surface area (Å²) in [5.41, 5.74) is 2.43. The smallest absolute Gasteiger partial charge is 0.246 e. The van der Waals surface area contributed by atoms with Crippen LogP contribution in [0.5, 0.6) is 0 Å². The molecule has 1 aliphatic rings. The predicted octanol–water partition coefficient (Wildman–Crippen LogP) is 3.90. The van der Waals surface area contributed by atoms with Crippen LogP contribution in [0.15, 0.2) is 60.7 Å². The average Bonchev–Trinajstić information content (AvgIpc) is 3.44. The summed E-state index contributed by atoms with van der Waals surface area (Å²) in [7, 11) is 0. The van der Waals surface area contributed by atoms with Crippen molar-refractivity contribution in [1.82, 2.24) is 5.32 Å². The van der Waals surface area contributed by atoms with Crippen LogP contribution in [0, 0.1) is 5.92 Å². The van der Waals surface area contributed by atoms with Gasteiger partial charge in [0.15, 0.2) is 0 Å². The molecule has 0 aliphatic heterocycles. The summed E-state index contributed by atoms with van der Waals surface area (Å²) < 4.78 is 5.51. The first kappa shape index (κ1) is 16.7. The van der Waals surface area contributed by atoms with Gasteiger partial charge in [-0.1, -0.05) is 60.7 Å². The summed E-state index contributed by atoms with van der Waals surface area (Å²) in [5.74, 6) is 0.651. The number of nitrogens with one attached hydrogen (secondary N) is 1. The van der Waals surface area contributed by atoms with Gasteiger partial charge in [0.1, 0.15) is 6.61 Å². The van der Waals surface area contributed by atoms with Gasteiger partial charge in [0.25, 0.3) is 0 Å². The van der Waals surface area contributed by atoms with Gasteiger partial charge in [-0.15, -0.1) is 0 Å². The summed E-state index contributed by atoms with van der Waals surface area (Å²) in [6, 6.07) is 20.6. The quantitative estimate of drug-likeness (QED) is 0.760. The molecule has 0 saturated heterocycles. The normalized spacial score (nSPS) is 15.0. The minimum Gasteiger partial charge on any atom is -0.371 e. The minimum atomic E-state index is -0.0300. The molecule has 126 valence electrons. The largest absolute Gasteiger partial charge is 0.371 e. The second kappa shape index (κ2) is 8.65. The van der Waals surface area contributed by atoms with Gasteiger partial charge in [-0.05, 0) is 42.7 Å². The Morgan fingerprint density at radius 1 is 1.04 bits per heavy atom. The number of carbonyl (C=O) groups is 1. The number of hydrogen-bond donors (Lipinski definition) is 1. The molecule has 3 heteroatoms. The van der Waals surface area contributed by atoms with Crippen molar-refractivity contribution in [3.05, 3.63) is 71.8 Å². The Kier molecular flexibility index (Phi) is 6.02. The van der Waals surface area contributed by atoms with E-state index in [2.05, 4.69) is 41.7 Å². The van der Waals surface area contributed by atoms with Crippen molar-refractivity contribution in [1.29, 1.82) is 0 Å². The molecular formula is C21H25NO2. The Bertz CT molecular complexity index is 623. The third kappa shape index (κ3) is 5.50.